The zero-order chi connectivity index (χ0) is 18.6. The largest absolute Gasteiger partial charge is 0.504 e. The van der Waals surface area contributed by atoms with Crippen LogP contribution in [0.4, 0.5) is 0 Å². The Morgan fingerprint density at radius 3 is 2.28 bits per heavy atom. The van der Waals surface area contributed by atoms with Crippen LogP contribution in [-0.2, 0) is 0 Å². The highest BCUT2D eigenvalue weighted by Gasteiger charge is 2.13. The van der Waals surface area contributed by atoms with Crippen molar-refractivity contribution in [3.63, 3.8) is 0 Å². The Morgan fingerprint density at radius 2 is 1.72 bits per heavy atom. The summed E-state index contributed by atoms with van der Waals surface area (Å²) in [5.41, 5.74) is 3.70. The first-order valence-corrected chi connectivity index (χ1v) is 7.18. The van der Waals surface area contributed by atoms with Gasteiger partial charge in [0.1, 0.15) is 0 Å². The molecule has 0 aliphatic carbocycles. The second-order valence-electron chi connectivity index (χ2n) is 5.15. The normalized spacial score (nSPS) is 10.7. The molecule has 0 radical (unpaired) electrons. The van der Waals surface area contributed by atoms with Gasteiger partial charge in [0.05, 0.1) is 20.4 Å². The van der Waals surface area contributed by atoms with Crippen molar-refractivity contribution in [1.82, 2.24) is 5.43 Å². The van der Waals surface area contributed by atoms with Crippen LogP contribution in [0.3, 0.4) is 0 Å². The third-order valence-electron chi connectivity index (χ3n) is 3.35. The number of amides is 1. The van der Waals surface area contributed by atoms with Crippen LogP contribution in [0.1, 0.15) is 21.5 Å². The minimum atomic E-state index is -0.698. The van der Waals surface area contributed by atoms with Crippen molar-refractivity contribution in [2.24, 2.45) is 5.10 Å². The number of methoxy groups -OCH3 is 2. The van der Waals surface area contributed by atoms with E-state index in [1.165, 1.54) is 20.4 Å². The van der Waals surface area contributed by atoms with Gasteiger partial charge in [-0.25, -0.2) is 5.43 Å². The molecule has 0 heterocycles. The molecule has 25 heavy (non-hydrogen) atoms. The lowest BCUT2D eigenvalue weighted by molar-refractivity contribution is 0.0954. The maximum atomic E-state index is 12.0. The summed E-state index contributed by atoms with van der Waals surface area (Å²) >= 11 is 0. The van der Waals surface area contributed by atoms with Gasteiger partial charge in [-0.3, -0.25) is 4.79 Å². The average molecular weight is 346 g/mol. The average Bonchev–Trinajstić information content (AvgIpc) is 2.58. The molecule has 0 atom stereocenters. The maximum absolute atomic E-state index is 12.0. The number of carbonyl (C=O) groups is 1. The van der Waals surface area contributed by atoms with Crippen LogP contribution in [-0.4, -0.2) is 41.7 Å². The smallest absolute Gasteiger partial charge is 0.271 e. The van der Waals surface area contributed by atoms with Gasteiger partial charge in [-0.05, 0) is 36.8 Å². The van der Waals surface area contributed by atoms with Crippen LogP contribution in [0.2, 0.25) is 0 Å². The molecule has 0 fully saturated rings. The Kier molecular flexibility index (Phi) is 5.33. The molecule has 2 rings (SSSR count). The lowest BCUT2D eigenvalue weighted by atomic mass is 10.1. The predicted octanol–water partition coefficient (Wildman–Crippen LogP) is 1.89. The van der Waals surface area contributed by atoms with Crippen molar-refractivity contribution in [2.45, 2.75) is 6.92 Å². The summed E-state index contributed by atoms with van der Waals surface area (Å²) in [6, 6.07) is 5.62. The van der Waals surface area contributed by atoms with Gasteiger partial charge in [0.2, 0.25) is 0 Å². The third kappa shape index (κ3) is 3.92. The SMILES string of the molecule is COc1cc(C)cc(C=NNC(=O)c2cc(O)c(O)c(O)c2)c1OC. The number of hydrazone groups is 1. The molecule has 0 bridgehead atoms. The fourth-order valence-corrected chi connectivity index (χ4v) is 2.19. The van der Waals surface area contributed by atoms with Crippen molar-refractivity contribution in [3.05, 3.63) is 41.0 Å². The Labute approximate surface area is 143 Å². The van der Waals surface area contributed by atoms with Crippen molar-refractivity contribution < 1.29 is 29.6 Å². The molecule has 0 saturated carbocycles. The highest BCUT2D eigenvalue weighted by Crippen LogP contribution is 2.35. The van der Waals surface area contributed by atoms with Gasteiger partial charge in [-0.2, -0.15) is 5.10 Å². The monoisotopic (exact) mass is 346 g/mol. The summed E-state index contributed by atoms with van der Waals surface area (Å²) in [7, 11) is 3.01. The summed E-state index contributed by atoms with van der Waals surface area (Å²) in [5.74, 6) is -1.61. The number of nitrogens with zero attached hydrogens (tertiary/aromatic N) is 1. The lowest BCUT2D eigenvalue weighted by Crippen LogP contribution is -2.17. The second-order valence-corrected chi connectivity index (χ2v) is 5.15. The summed E-state index contributed by atoms with van der Waals surface area (Å²) < 4.78 is 10.5. The molecule has 132 valence electrons. The Bertz CT molecular complexity index is 809. The molecule has 2 aromatic carbocycles. The molecule has 0 aliphatic heterocycles. The van der Waals surface area contributed by atoms with Crippen LogP contribution < -0.4 is 14.9 Å². The summed E-state index contributed by atoms with van der Waals surface area (Å²) in [5, 5.41) is 32.0. The van der Waals surface area contributed by atoms with E-state index < -0.39 is 23.2 Å². The molecule has 0 saturated heterocycles. The standard InChI is InChI=1S/C17H18N2O6/c1-9-4-11(16(25-3)14(5-9)24-2)8-18-19-17(23)10-6-12(20)15(22)13(21)7-10/h4-8,20-22H,1-3H3,(H,19,23). The van der Waals surface area contributed by atoms with E-state index in [0.717, 1.165) is 17.7 Å². The molecule has 0 spiro atoms. The van der Waals surface area contributed by atoms with Crippen LogP contribution in [0.25, 0.3) is 0 Å². The number of nitrogens with one attached hydrogen (secondary N) is 1. The van der Waals surface area contributed by atoms with Gasteiger partial charge in [-0.15, -0.1) is 0 Å². The Morgan fingerprint density at radius 1 is 1.08 bits per heavy atom. The zero-order valence-electron chi connectivity index (χ0n) is 13.9. The van der Waals surface area contributed by atoms with Crippen LogP contribution in [0.15, 0.2) is 29.4 Å². The van der Waals surface area contributed by atoms with Gasteiger partial charge < -0.3 is 24.8 Å². The number of hydrogen-bond acceptors (Lipinski definition) is 7. The van der Waals surface area contributed by atoms with E-state index in [1.54, 1.807) is 12.1 Å². The molecule has 0 aliphatic rings. The molecule has 1 amide bonds. The summed E-state index contributed by atoms with van der Waals surface area (Å²) in [4.78, 5) is 12.0. The minimum Gasteiger partial charge on any atom is -0.504 e. The predicted molar refractivity (Wildman–Crippen MR) is 90.8 cm³/mol. The number of rotatable bonds is 5. The lowest BCUT2D eigenvalue weighted by Gasteiger charge is -2.11. The first-order chi connectivity index (χ1) is 11.9. The Hall–Kier alpha value is -3.42. The number of aryl methyl sites for hydroxylation is 1. The van der Waals surface area contributed by atoms with Gasteiger partial charge in [0, 0.05) is 11.1 Å². The number of ether oxygens (including phenoxy) is 2. The third-order valence-corrected chi connectivity index (χ3v) is 3.35. The van der Waals surface area contributed by atoms with Crippen molar-refractivity contribution in [3.8, 4) is 28.7 Å². The molecule has 2 aromatic rings. The van der Waals surface area contributed by atoms with Crippen molar-refractivity contribution >= 4 is 12.1 Å². The highest BCUT2D eigenvalue weighted by molar-refractivity contribution is 5.96. The topological polar surface area (TPSA) is 121 Å². The van der Waals surface area contributed by atoms with Crippen LogP contribution in [0.5, 0.6) is 28.7 Å². The first-order valence-electron chi connectivity index (χ1n) is 7.18. The second kappa shape index (κ2) is 7.43. The van der Waals surface area contributed by atoms with E-state index in [2.05, 4.69) is 10.5 Å². The molecule has 4 N–H and O–H groups in total. The van der Waals surface area contributed by atoms with E-state index in [4.69, 9.17) is 9.47 Å². The van der Waals surface area contributed by atoms with Gasteiger partial charge >= 0.3 is 0 Å². The van der Waals surface area contributed by atoms with Gasteiger partial charge in [0.15, 0.2) is 28.7 Å². The molecule has 0 aromatic heterocycles. The van der Waals surface area contributed by atoms with Gasteiger partial charge in [-0.1, -0.05) is 0 Å². The number of hydrogen-bond donors (Lipinski definition) is 4. The number of benzene rings is 2. The fourth-order valence-electron chi connectivity index (χ4n) is 2.19. The number of phenolic OH excluding ortho intramolecular Hbond substituents is 3. The quantitative estimate of drug-likeness (QED) is 0.373. The summed E-state index contributed by atoms with van der Waals surface area (Å²) in [6.45, 7) is 1.87. The fraction of sp³-hybridized carbons (Fsp3) is 0.176. The maximum Gasteiger partial charge on any atom is 0.271 e. The van der Waals surface area contributed by atoms with E-state index in [0.29, 0.717) is 17.1 Å². The van der Waals surface area contributed by atoms with E-state index in [1.807, 2.05) is 6.92 Å². The Balaban J connectivity index is 2.21. The number of aromatic hydroxyl groups is 3. The zero-order valence-corrected chi connectivity index (χ0v) is 13.9. The van der Waals surface area contributed by atoms with Crippen molar-refractivity contribution in [1.29, 1.82) is 0 Å². The van der Waals surface area contributed by atoms with Gasteiger partial charge in [0.25, 0.3) is 5.91 Å². The summed E-state index contributed by atoms with van der Waals surface area (Å²) in [6.07, 6.45) is 1.38. The van der Waals surface area contributed by atoms with Crippen LogP contribution in [0, 0.1) is 6.92 Å². The molecular weight excluding hydrogens is 328 g/mol. The molecular formula is C17H18N2O6. The number of phenols is 3. The van der Waals surface area contributed by atoms with Crippen molar-refractivity contribution in [2.75, 3.05) is 14.2 Å². The van der Waals surface area contributed by atoms with Crippen LogP contribution >= 0.6 is 0 Å². The number of carbonyl (C=O) groups excluding carboxylic acids is 1. The van der Waals surface area contributed by atoms with E-state index in [-0.39, 0.29) is 5.56 Å². The molecule has 8 heteroatoms. The van der Waals surface area contributed by atoms with E-state index >= 15 is 0 Å². The van der Waals surface area contributed by atoms with E-state index in [9.17, 15) is 20.1 Å². The minimum absolute atomic E-state index is 0.0706. The molecule has 8 nitrogen and oxygen atoms in total. The first kappa shape index (κ1) is 17.9. The molecule has 0 unspecified atom stereocenters. The highest BCUT2D eigenvalue weighted by atomic mass is 16.5.